The molecule has 0 heterocycles. The Labute approximate surface area is 114 Å². The van der Waals surface area contributed by atoms with Crippen molar-refractivity contribution in [2.24, 2.45) is 5.73 Å². The number of nitrogens with zero attached hydrogens (tertiary/aromatic N) is 1. The topological polar surface area (TPSA) is 82.2 Å². The average molecular weight is 262 g/mol. The lowest BCUT2D eigenvalue weighted by Crippen LogP contribution is -2.41. The van der Waals surface area contributed by atoms with Crippen LogP contribution in [0.15, 0.2) is 24.3 Å². The lowest BCUT2D eigenvalue weighted by molar-refractivity contribution is 0.199. The molecule has 0 fully saturated rings. The van der Waals surface area contributed by atoms with Crippen molar-refractivity contribution in [2.75, 3.05) is 11.9 Å². The zero-order valence-corrected chi connectivity index (χ0v) is 11.7. The number of anilines is 1. The van der Waals surface area contributed by atoms with Crippen molar-refractivity contribution in [1.82, 2.24) is 4.90 Å². The first-order chi connectivity index (χ1) is 8.90. The molecule has 1 aromatic carbocycles. The van der Waals surface area contributed by atoms with E-state index >= 15 is 0 Å². The van der Waals surface area contributed by atoms with Gasteiger partial charge in [-0.15, -0.1) is 0 Å². The highest BCUT2D eigenvalue weighted by atomic mass is 16.2. The molecule has 19 heavy (non-hydrogen) atoms. The van der Waals surface area contributed by atoms with E-state index in [9.17, 15) is 4.79 Å². The van der Waals surface area contributed by atoms with Crippen molar-refractivity contribution in [3.63, 3.8) is 0 Å². The second-order valence-corrected chi connectivity index (χ2v) is 4.86. The minimum Gasteiger partial charge on any atom is -0.388 e. The molecule has 0 bridgehead atoms. The highest BCUT2D eigenvalue weighted by molar-refractivity contribution is 5.90. The number of nitrogens with one attached hydrogen (secondary N) is 2. The second kappa shape index (κ2) is 6.78. The Hall–Kier alpha value is -2.04. The minimum absolute atomic E-state index is 0.0600. The zero-order chi connectivity index (χ0) is 14.4. The Morgan fingerprint density at radius 2 is 1.95 bits per heavy atom. The van der Waals surface area contributed by atoms with E-state index < -0.39 is 0 Å². The van der Waals surface area contributed by atoms with Gasteiger partial charge in [0.2, 0.25) is 0 Å². The number of benzene rings is 1. The fraction of sp³-hybridized carbons (Fsp3) is 0.429. The highest BCUT2D eigenvalue weighted by Gasteiger charge is 2.16. The smallest absolute Gasteiger partial charge is 0.322 e. The highest BCUT2D eigenvalue weighted by Crippen LogP contribution is 2.11. The largest absolute Gasteiger partial charge is 0.388 e. The molecule has 0 atom stereocenters. The number of rotatable bonds is 5. The first kappa shape index (κ1) is 15.0. The summed E-state index contributed by atoms with van der Waals surface area (Å²) in [5, 5.41) is 10.1. The molecule has 0 aromatic heterocycles. The summed E-state index contributed by atoms with van der Waals surface area (Å²) in [5.74, 6) is 0.0915. The van der Waals surface area contributed by atoms with Gasteiger partial charge in [-0.2, -0.15) is 0 Å². The number of aryl methyl sites for hydroxylation is 1. The molecular weight excluding hydrogens is 240 g/mol. The Morgan fingerprint density at radius 1 is 1.37 bits per heavy atom. The zero-order valence-electron chi connectivity index (χ0n) is 11.7. The van der Waals surface area contributed by atoms with Gasteiger partial charge in [-0.05, 0) is 32.9 Å². The predicted molar refractivity (Wildman–Crippen MR) is 78.6 cm³/mol. The molecule has 0 saturated heterocycles. The molecule has 4 N–H and O–H groups in total. The third-order valence-electron chi connectivity index (χ3n) is 2.81. The molecule has 0 unspecified atom stereocenters. The van der Waals surface area contributed by atoms with E-state index in [0.717, 1.165) is 11.3 Å². The molecule has 5 heteroatoms. The van der Waals surface area contributed by atoms with Crippen LogP contribution >= 0.6 is 0 Å². The van der Waals surface area contributed by atoms with Crippen LogP contribution in [0.25, 0.3) is 0 Å². The molecule has 0 spiro atoms. The van der Waals surface area contributed by atoms with Crippen LogP contribution in [0.1, 0.15) is 25.8 Å². The standard InChI is InChI=1S/C14H22N4O/c1-10(2)18(9-8-13(15)16)14(19)17-12-6-4-11(3)5-7-12/h4-7,10H,8-9H2,1-3H3,(H3,15,16)(H,17,19). The van der Waals surface area contributed by atoms with Crippen LogP contribution in [0.3, 0.4) is 0 Å². The molecule has 1 aromatic rings. The van der Waals surface area contributed by atoms with Gasteiger partial charge in [0.05, 0.1) is 5.84 Å². The van der Waals surface area contributed by atoms with Gasteiger partial charge >= 0.3 is 6.03 Å². The molecule has 0 aliphatic heterocycles. The number of hydrogen-bond donors (Lipinski definition) is 3. The summed E-state index contributed by atoms with van der Waals surface area (Å²) in [7, 11) is 0. The van der Waals surface area contributed by atoms with Gasteiger partial charge in [-0.3, -0.25) is 5.41 Å². The molecule has 0 saturated carbocycles. The van der Waals surface area contributed by atoms with Gasteiger partial charge in [0.1, 0.15) is 0 Å². The normalized spacial score (nSPS) is 10.3. The van der Waals surface area contributed by atoms with Gasteiger partial charge in [-0.25, -0.2) is 4.79 Å². The van der Waals surface area contributed by atoms with Crippen molar-refractivity contribution >= 4 is 17.6 Å². The molecule has 2 amide bonds. The average Bonchev–Trinajstić information content (AvgIpc) is 2.31. The number of urea groups is 1. The van der Waals surface area contributed by atoms with E-state index in [-0.39, 0.29) is 17.9 Å². The molecular formula is C14H22N4O. The van der Waals surface area contributed by atoms with Gasteiger partial charge in [-0.1, -0.05) is 17.7 Å². The monoisotopic (exact) mass is 262 g/mol. The summed E-state index contributed by atoms with van der Waals surface area (Å²) < 4.78 is 0. The van der Waals surface area contributed by atoms with Crippen molar-refractivity contribution in [1.29, 1.82) is 5.41 Å². The Balaban J connectivity index is 2.66. The van der Waals surface area contributed by atoms with Gasteiger partial charge in [0.15, 0.2) is 0 Å². The summed E-state index contributed by atoms with van der Waals surface area (Å²) in [4.78, 5) is 13.8. The Kier molecular flexibility index (Phi) is 5.36. The fourth-order valence-electron chi connectivity index (χ4n) is 1.67. The minimum atomic E-state index is -0.167. The maximum Gasteiger partial charge on any atom is 0.322 e. The lowest BCUT2D eigenvalue weighted by Gasteiger charge is -2.26. The lowest BCUT2D eigenvalue weighted by atomic mass is 10.2. The van der Waals surface area contributed by atoms with Crippen molar-refractivity contribution in [2.45, 2.75) is 33.2 Å². The van der Waals surface area contributed by atoms with E-state index in [1.165, 1.54) is 0 Å². The van der Waals surface area contributed by atoms with Crippen LogP contribution in [-0.2, 0) is 0 Å². The van der Waals surface area contributed by atoms with E-state index in [0.29, 0.717) is 13.0 Å². The molecule has 104 valence electrons. The number of amidine groups is 1. The maximum atomic E-state index is 12.2. The van der Waals surface area contributed by atoms with Gasteiger partial charge < -0.3 is 16.0 Å². The van der Waals surface area contributed by atoms with Crippen LogP contribution < -0.4 is 11.1 Å². The van der Waals surface area contributed by atoms with Crippen molar-refractivity contribution in [3.05, 3.63) is 29.8 Å². The second-order valence-electron chi connectivity index (χ2n) is 4.86. The van der Waals surface area contributed by atoms with Gasteiger partial charge in [0.25, 0.3) is 0 Å². The van der Waals surface area contributed by atoms with E-state index in [1.54, 1.807) is 4.90 Å². The number of hydrogen-bond acceptors (Lipinski definition) is 2. The van der Waals surface area contributed by atoms with Crippen LogP contribution in [0.5, 0.6) is 0 Å². The van der Waals surface area contributed by atoms with E-state index in [2.05, 4.69) is 5.32 Å². The fourth-order valence-corrected chi connectivity index (χ4v) is 1.67. The van der Waals surface area contributed by atoms with E-state index in [1.807, 2.05) is 45.0 Å². The van der Waals surface area contributed by atoms with Gasteiger partial charge in [0, 0.05) is 24.7 Å². The predicted octanol–water partition coefficient (Wildman–Crippen LogP) is 2.56. The number of carbonyl (C=O) groups is 1. The van der Waals surface area contributed by atoms with E-state index in [4.69, 9.17) is 11.1 Å². The van der Waals surface area contributed by atoms with Crippen LogP contribution in [0, 0.1) is 12.3 Å². The summed E-state index contributed by atoms with van der Waals surface area (Å²) in [6.07, 6.45) is 0.388. The summed E-state index contributed by atoms with van der Waals surface area (Å²) in [5.41, 5.74) is 7.25. The third kappa shape index (κ3) is 4.99. The Morgan fingerprint density at radius 3 is 2.42 bits per heavy atom. The van der Waals surface area contributed by atoms with Crippen LogP contribution in [-0.4, -0.2) is 29.4 Å². The summed E-state index contributed by atoms with van der Waals surface area (Å²) >= 11 is 0. The molecule has 0 radical (unpaired) electrons. The maximum absolute atomic E-state index is 12.2. The van der Waals surface area contributed by atoms with Crippen molar-refractivity contribution < 1.29 is 4.79 Å². The molecule has 5 nitrogen and oxygen atoms in total. The van der Waals surface area contributed by atoms with Crippen LogP contribution in [0.2, 0.25) is 0 Å². The Bertz CT molecular complexity index is 439. The molecule has 1 rings (SSSR count). The number of carbonyl (C=O) groups excluding carboxylic acids is 1. The number of amides is 2. The van der Waals surface area contributed by atoms with Crippen molar-refractivity contribution in [3.8, 4) is 0 Å². The summed E-state index contributed by atoms with van der Waals surface area (Å²) in [6.45, 7) is 6.33. The SMILES string of the molecule is Cc1ccc(NC(=O)N(CCC(=N)N)C(C)C)cc1. The number of nitrogens with two attached hydrogens (primary N) is 1. The first-order valence-electron chi connectivity index (χ1n) is 6.37. The molecule has 0 aliphatic rings. The first-order valence-corrected chi connectivity index (χ1v) is 6.37. The summed E-state index contributed by atoms with van der Waals surface area (Å²) in [6, 6.07) is 7.54. The quantitative estimate of drug-likeness (QED) is 0.563. The molecule has 0 aliphatic carbocycles. The van der Waals surface area contributed by atoms with Crippen LogP contribution in [0.4, 0.5) is 10.5 Å². The third-order valence-corrected chi connectivity index (χ3v) is 2.81.